The van der Waals surface area contributed by atoms with E-state index in [1.165, 1.54) is 7.11 Å². The number of esters is 1. The van der Waals surface area contributed by atoms with Gasteiger partial charge in [-0.3, -0.25) is 9.78 Å². The topological polar surface area (TPSA) is 68.3 Å². The van der Waals surface area contributed by atoms with Crippen molar-refractivity contribution >= 4 is 22.8 Å². The van der Waals surface area contributed by atoms with E-state index in [4.69, 9.17) is 4.74 Å². The molecule has 1 aromatic heterocycles. The fraction of sp³-hybridized carbons (Fsp3) is 0.148. The summed E-state index contributed by atoms with van der Waals surface area (Å²) in [5.74, 6) is -1.32. The van der Waals surface area contributed by atoms with Crippen LogP contribution < -0.4 is 5.32 Å². The van der Waals surface area contributed by atoms with Crippen LogP contribution in [0.15, 0.2) is 97.1 Å². The summed E-state index contributed by atoms with van der Waals surface area (Å²) in [4.78, 5) is 30.6. The molecule has 0 saturated heterocycles. The SMILES string of the molecule is COC(=O)[C@@H](Cc1ccc2ccccc2n1)NC(=O)C(c1ccccc1)c1ccccc1. The van der Waals surface area contributed by atoms with E-state index in [9.17, 15) is 9.59 Å². The van der Waals surface area contributed by atoms with Gasteiger partial charge in [0.2, 0.25) is 5.91 Å². The van der Waals surface area contributed by atoms with E-state index < -0.39 is 17.9 Å². The average Bonchev–Trinajstić information content (AvgIpc) is 2.84. The molecule has 1 N–H and O–H groups in total. The fourth-order valence-corrected chi connectivity index (χ4v) is 3.81. The van der Waals surface area contributed by atoms with Gasteiger partial charge in [0.25, 0.3) is 0 Å². The van der Waals surface area contributed by atoms with Gasteiger partial charge in [-0.25, -0.2) is 4.79 Å². The highest BCUT2D eigenvalue weighted by Gasteiger charge is 2.28. The van der Waals surface area contributed by atoms with Crippen molar-refractivity contribution in [2.24, 2.45) is 0 Å². The first kappa shape index (κ1) is 21.2. The average molecular weight is 425 g/mol. The Bertz CT molecular complexity index is 1170. The summed E-state index contributed by atoms with van der Waals surface area (Å²) < 4.78 is 4.98. The van der Waals surface area contributed by atoms with Crippen molar-refractivity contribution in [3.05, 3.63) is 114 Å². The molecule has 0 aliphatic rings. The predicted octanol–water partition coefficient (Wildman–Crippen LogP) is 4.27. The first-order valence-corrected chi connectivity index (χ1v) is 10.5. The number of hydrogen-bond donors (Lipinski definition) is 1. The highest BCUT2D eigenvalue weighted by molar-refractivity contribution is 5.91. The molecule has 4 rings (SSSR count). The lowest BCUT2D eigenvalue weighted by atomic mass is 9.90. The summed E-state index contributed by atoms with van der Waals surface area (Å²) in [5, 5.41) is 3.92. The Morgan fingerprint density at radius 3 is 2.03 bits per heavy atom. The monoisotopic (exact) mass is 424 g/mol. The lowest BCUT2D eigenvalue weighted by molar-refractivity contribution is -0.145. The molecule has 0 radical (unpaired) electrons. The predicted molar refractivity (Wildman–Crippen MR) is 124 cm³/mol. The van der Waals surface area contributed by atoms with Crippen LogP contribution in [0.25, 0.3) is 10.9 Å². The molecule has 3 aromatic carbocycles. The van der Waals surface area contributed by atoms with Crippen LogP contribution in [-0.4, -0.2) is 30.0 Å². The zero-order valence-electron chi connectivity index (χ0n) is 17.8. The zero-order valence-corrected chi connectivity index (χ0v) is 17.8. The van der Waals surface area contributed by atoms with E-state index in [1.54, 1.807) is 0 Å². The Morgan fingerprint density at radius 2 is 1.41 bits per heavy atom. The molecule has 4 aromatic rings. The van der Waals surface area contributed by atoms with Gasteiger partial charge < -0.3 is 10.1 Å². The van der Waals surface area contributed by atoms with E-state index >= 15 is 0 Å². The summed E-state index contributed by atoms with van der Waals surface area (Å²) in [6, 6.07) is 29.8. The lowest BCUT2D eigenvalue weighted by Crippen LogP contribution is -2.45. The maximum Gasteiger partial charge on any atom is 0.328 e. The van der Waals surface area contributed by atoms with Gasteiger partial charge in [-0.05, 0) is 23.3 Å². The minimum Gasteiger partial charge on any atom is -0.467 e. The van der Waals surface area contributed by atoms with Crippen LogP contribution in [0, 0.1) is 0 Å². The molecule has 5 heteroatoms. The van der Waals surface area contributed by atoms with Crippen LogP contribution in [0.2, 0.25) is 0 Å². The highest BCUT2D eigenvalue weighted by Crippen LogP contribution is 2.25. The van der Waals surface area contributed by atoms with Gasteiger partial charge in [0.15, 0.2) is 0 Å². The van der Waals surface area contributed by atoms with Gasteiger partial charge in [0, 0.05) is 17.5 Å². The van der Waals surface area contributed by atoms with Gasteiger partial charge in [0.1, 0.15) is 6.04 Å². The molecule has 0 spiro atoms. The molecule has 0 fully saturated rings. The standard InChI is InChI=1S/C27H24N2O3/c1-32-27(31)24(18-22-17-16-19-10-8-9-15-23(19)28-22)29-26(30)25(20-11-4-2-5-12-20)21-13-6-3-7-14-21/h2-17,24-25H,18H2,1H3,(H,29,30)/t24-/m1/s1. The van der Waals surface area contributed by atoms with Gasteiger partial charge >= 0.3 is 5.97 Å². The van der Waals surface area contributed by atoms with Crippen molar-refractivity contribution in [1.29, 1.82) is 0 Å². The molecule has 0 unspecified atom stereocenters. The number of nitrogens with one attached hydrogen (secondary N) is 1. The quantitative estimate of drug-likeness (QED) is 0.450. The maximum atomic E-state index is 13.4. The molecular formula is C27H24N2O3. The van der Waals surface area contributed by atoms with Crippen LogP contribution in [-0.2, 0) is 20.7 Å². The van der Waals surface area contributed by atoms with Gasteiger partial charge in [-0.1, -0.05) is 84.9 Å². The molecule has 1 heterocycles. The maximum absolute atomic E-state index is 13.4. The first-order chi connectivity index (χ1) is 15.7. The minimum absolute atomic E-state index is 0.236. The number of carbonyl (C=O) groups is 2. The number of hydrogen-bond acceptors (Lipinski definition) is 4. The van der Waals surface area contributed by atoms with Crippen LogP contribution in [0.5, 0.6) is 0 Å². The Kier molecular flexibility index (Phi) is 6.56. The van der Waals surface area contributed by atoms with Crippen LogP contribution in [0.4, 0.5) is 0 Å². The van der Waals surface area contributed by atoms with Crippen molar-refractivity contribution in [1.82, 2.24) is 10.3 Å². The lowest BCUT2D eigenvalue weighted by Gasteiger charge is -2.22. The number of rotatable bonds is 7. The summed E-state index contributed by atoms with van der Waals surface area (Å²) in [6.45, 7) is 0. The van der Waals surface area contributed by atoms with Crippen molar-refractivity contribution in [3.8, 4) is 0 Å². The van der Waals surface area contributed by atoms with E-state index in [-0.39, 0.29) is 12.3 Å². The van der Waals surface area contributed by atoms with Crippen molar-refractivity contribution in [2.75, 3.05) is 7.11 Å². The normalized spacial score (nSPS) is 11.8. The van der Waals surface area contributed by atoms with Gasteiger partial charge in [-0.2, -0.15) is 0 Å². The van der Waals surface area contributed by atoms with E-state index in [1.807, 2.05) is 97.1 Å². The van der Waals surface area contributed by atoms with Crippen molar-refractivity contribution < 1.29 is 14.3 Å². The number of methoxy groups -OCH3 is 1. The molecule has 0 saturated carbocycles. The molecule has 0 aliphatic carbocycles. The number of carbonyl (C=O) groups excluding carboxylic acids is 2. The third kappa shape index (κ3) is 4.83. The molecule has 0 bridgehead atoms. The summed E-state index contributed by atoms with van der Waals surface area (Å²) in [5.41, 5.74) is 3.24. The summed E-state index contributed by atoms with van der Waals surface area (Å²) >= 11 is 0. The number of ether oxygens (including phenoxy) is 1. The molecule has 0 aliphatic heterocycles. The van der Waals surface area contributed by atoms with E-state index in [0.717, 1.165) is 22.0 Å². The smallest absolute Gasteiger partial charge is 0.328 e. The third-order valence-electron chi connectivity index (χ3n) is 5.40. The second-order valence-electron chi connectivity index (χ2n) is 7.54. The van der Waals surface area contributed by atoms with Crippen LogP contribution >= 0.6 is 0 Å². The van der Waals surface area contributed by atoms with Gasteiger partial charge in [0.05, 0.1) is 18.5 Å². The first-order valence-electron chi connectivity index (χ1n) is 10.5. The van der Waals surface area contributed by atoms with E-state index in [2.05, 4.69) is 10.3 Å². The molecule has 32 heavy (non-hydrogen) atoms. The summed E-state index contributed by atoms with van der Waals surface area (Å²) in [6.07, 6.45) is 0.236. The number of pyridine rings is 1. The molecule has 1 amide bonds. The van der Waals surface area contributed by atoms with Crippen LogP contribution in [0.3, 0.4) is 0 Å². The van der Waals surface area contributed by atoms with Crippen molar-refractivity contribution in [3.63, 3.8) is 0 Å². The summed E-state index contributed by atoms with van der Waals surface area (Å²) in [7, 11) is 1.32. The van der Waals surface area contributed by atoms with Crippen LogP contribution in [0.1, 0.15) is 22.7 Å². The molecular weight excluding hydrogens is 400 g/mol. The molecule has 1 atom stereocenters. The van der Waals surface area contributed by atoms with Gasteiger partial charge in [-0.15, -0.1) is 0 Å². The molecule has 5 nitrogen and oxygen atoms in total. The second-order valence-corrected chi connectivity index (χ2v) is 7.54. The number of benzene rings is 3. The largest absolute Gasteiger partial charge is 0.467 e. The Hall–Kier alpha value is -3.99. The zero-order chi connectivity index (χ0) is 22.3. The second kappa shape index (κ2) is 9.88. The molecule has 160 valence electrons. The minimum atomic E-state index is -0.851. The highest BCUT2D eigenvalue weighted by atomic mass is 16.5. The number of fused-ring (bicyclic) bond motifs is 1. The third-order valence-corrected chi connectivity index (χ3v) is 5.40. The van der Waals surface area contributed by atoms with Crippen molar-refractivity contribution in [2.45, 2.75) is 18.4 Å². The number of amides is 1. The Labute approximate surface area is 187 Å². The number of aromatic nitrogens is 1. The Morgan fingerprint density at radius 1 is 0.812 bits per heavy atom. The Balaban J connectivity index is 1.61. The fourth-order valence-electron chi connectivity index (χ4n) is 3.81. The number of nitrogens with zero attached hydrogens (tertiary/aromatic N) is 1. The van der Waals surface area contributed by atoms with E-state index in [0.29, 0.717) is 5.69 Å². The number of para-hydroxylation sites is 1.